The molecule has 0 aromatic carbocycles. The van der Waals surface area contributed by atoms with Crippen LogP contribution in [0.3, 0.4) is 0 Å². The fourth-order valence-electron chi connectivity index (χ4n) is 0.560. The fraction of sp³-hybridized carbons (Fsp3) is 1.00. The first kappa shape index (κ1) is 8.27. The summed E-state index contributed by atoms with van der Waals surface area (Å²) < 4.78 is 0. The zero-order valence-electron chi connectivity index (χ0n) is 5.13. The molecule has 0 aliphatic rings. The average Bonchev–Trinajstić information content (AvgIpc) is 1.21. The molecular formula is C5H12O2S. The lowest BCUT2D eigenvalue weighted by molar-refractivity contribution is 0.0805. The molecule has 0 rings (SSSR count). The molecule has 2 atom stereocenters. The maximum absolute atomic E-state index is 8.89. The third-order valence-electron chi connectivity index (χ3n) is 0.682. The zero-order chi connectivity index (χ0) is 6.78. The number of rotatable bonds is 2. The van der Waals surface area contributed by atoms with Crippen LogP contribution in [0.5, 0.6) is 0 Å². The third-order valence-corrected chi connectivity index (χ3v) is 0.865. The van der Waals surface area contributed by atoms with E-state index in [1.54, 1.807) is 13.8 Å². The van der Waals surface area contributed by atoms with E-state index >= 15 is 0 Å². The molecule has 0 heterocycles. The van der Waals surface area contributed by atoms with Crippen LogP contribution in [-0.2, 0) is 0 Å². The summed E-state index contributed by atoms with van der Waals surface area (Å²) in [6.45, 7) is 3.16. The summed E-state index contributed by atoms with van der Waals surface area (Å²) in [5.41, 5.74) is 0. The lowest BCUT2D eigenvalue weighted by Crippen LogP contribution is -2.21. The van der Waals surface area contributed by atoms with Crippen LogP contribution in [0.25, 0.3) is 0 Å². The smallest absolute Gasteiger partial charge is 0.107 e. The number of aliphatic hydroxyl groups excluding tert-OH is 1. The topological polar surface area (TPSA) is 40.5 Å². The van der Waals surface area contributed by atoms with Crippen LogP contribution >= 0.6 is 12.6 Å². The van der Waals surface area contributed by atoms with Gasteiger partial charge in [0.15, 0.2) is 0 Å². The quantitative estimate of drug-likeness (QED) is 0.380. The molecule has 2 N–H and O–H groups in total. The number of hydrogen-bond acceptors (Lipinski definition) is 3. The Balaban J connectivity index is 3.39. The van der Waals surface area contributed by atoms with Crippen molar-refractivity contribution in [3.8, 4) is 0 Å². The maximum Gasteiger partial charge on any atom is 0.107 e. The van der Waals surface area contributed by atoms with Gasteiger partial charge in [0.05, 0.1) is 6.10 Å². The molecule has 0 aromatic rings. The molecule has 0 saturated heterocycles. The second-order valence-corrected chi connectivity index (χ2v) is 3.23. The summed E-state index contributed by atoms with van der Waals surface area (Å²) in [6.07, 6.45) is -0.182. The van der Waals surface area contributed by atoms with Gasteiger partial charge in [0.25, 0.3) is 0 Å². The van der Waals surface area contributed by atoms with Gasteiger partial charge in [-0.2, -0.15) is 0 Å². The molecule has 2 nitrogen and oxygen atoms in total. The lowest BCUT2D eigenvalue weighted by Gasteiger charge is -2.16. The highest BCUT2D eigenvalue weighted by Crippen LogP contribution is 2.15. The van der Waals surface area contributed by atoms with Gasteiger partial charge in [0.2, 0.25) is 0 Å². The van der Waals surface area contributed by atoms with Gasteiger partial charge in [-0.15, -0.1) is 12.6 Å². The molecule has 0 aliphatic heterocycles. The van der Waals surface area contributed by atoms with Crippen LogP contribution in [0.4, 0.5) is 0 Å². The largest absolute Gasteiger partial charge is 0.393 e. The van der Waals surface area contributed by atoms with Crippen LogP contribution in [-0.4, -0.2) is 21.3 Å². The molecule has 3 heteroatoms. The summed E-state index contributed by atoms with van der Waals surface area (Å²) >= 11 is 3.79. The Bertz CT molecular complexity index is 65.3. The summed E-state index contributed by atoms with van der Waals surface area (Å²) in [5, 5.41) is 17.6. The Morgan fingerprint density at radius 3 is 2.12 bits per heavy atom. The maximum atomic E-state index is 8.89. The van der Waals surface area contributed by atoms with E-state index in [-0.39, 0.29) is 0 Å². The monoisotopic (exact) mass is 136 g/mol. The van der Waals surface area contributed by atoms with Crippen molar-refractivity contribution >= 4 is 12.6 Å². The van der Waals surface area contributed by atoms with Crippen LogP contribution in [0.15, 0.2) is 0 Å². The van der Waals surface area contributed by atoms with Gasteiger partial charge in [0, 0.05) is 6.42 Å². The zero-order valence-corrected chi connectivity index (χ0v) is 6.02. The standard InChI is InChI=1S/C5H12O2S/c1-4(6)3-5(2,7)8/h4,6-8H,3H2,1-2H3. The van der Waals surface area contributed by atoms with E-state index in [1.807, 2.05) is 0 Å². The van der Waals surface area contributed by atoms with Crippen molar-refractivity contribution in [1.82, 2.24) is 0 Å². The molecule has 0 radical (unpaired) electrons. The minimum Gasteiger partial charge on any atom is -0.393 e. The minimum atomic E-state index is -1.03. The lowest BCUT2D eigenvalue weighted by atomic mass is 10.2. The molecule has 2 unspecified atom stereocenters. The van der Waals surface area contributed by atoms with Crippen LogP contribution in [0, 0.1) is 0 Å². The van der Waals surface area contributed by atoms with E-state index in [4.69, 9.17) is 10.2 Å². The SMILES string of the molecule is CC(O)CC(C)(O)S. The first-order valence-electron chi connectivity index (χ1n) is 2.54. The summed E-state index contributed by atoms with van der Waals surface area (Å²) in [6, 6.07) is 0. The molecule has 50 valence electrons. The Kier molecular flexibility index (Phi) is 2.80. The summed E-state index contributed by atoms with van der Waals surface area (Å²) in [7, 11) is 0. The minimum absolute atomic E-state index is 0.302. The van der Waals surface area contributed by atoms with Gasteiger partial charge in [-0.05, 0) is 13.8 Å². The number of thiol groups is 1. The van der Waals surface area contributed by atoms with E-state index in [1.165, 1.54) is 0 Å². The van der Waals surface area contributed by atoms with Gasteiger partial charge in [-0.25, -0.2) is 0 Å². The Labute approximate surface area is 54.9 Å². The Hall–Kier alpha value is 0.270. The van der Waals surface area contributed by atoms with Gasteiger partial charge in [-0.3, -0.25) is 0 Å². The van der Waals surface area contributed by atoms with Crippen molar-refractivity contribution in [1.29, 1.82) is 0 Å². The molecular weight excluding hydrogens is 124 g/mol. The van der Waals surface area contributed by atoms with Crippen molar-refractivity contribution < 1.29 is 10.2 Å². The van der Waals surface area contributed by atoms with Gasteiger partial charge >= 0.3 is 0 Å². The first-order chi connectivity index (χ1) is 3.42. The Morgan fingerprint density at radius 1 is 1.75 bits per heavy atom. The molecule has 0 bridgehead atoms. The highest BCUT2D eigenvalue weighted by molar-refractivity contribution is 7.81. The molecule has 0 aliphatic carbocycles. The van der Waals surface area contributed by atoms with Crippen molar-refractivity contribution in [2.24, 2.45) is 0 Å². The van der Waals surface area contributed by atoms with E-state index < -0.39 is 11.0 Å². The molecule has 0 aromatic heterocycles. The van der Waals surface area contributed by atoms with E-state index in [0.29, 0.717) is 6.42 Å². The molecule has 0 amide bonds. The average molecular weight is 136 g/mol. The fourth-order valence-corrected chi connectivity index (χ4v) is 0.824. The van der Waals surface area contributed by atoms with Crippen LogP contribution in [0.1, 0.15) is 20.3 Å². The number of hydrogen-bond donors (Lipinski definition) is 3. The number of aliphatic hydroxyl groups is 2. The second kappa shape index (κ2) is 2.71. The third kappa shape index (κ3) is 6.27. The Morgan fingerprint density at radius 2 is 2.12 bits per heavy atom. The molecule has 0 fully saturated rings. The summed E-state index contributed by atoms with van der Waals surface area (Å²) in [5.74, 6) is 0. The van der Waals surface area contributed by atoms with E-state index in [9.17, 15) is 0 Å². The van der Waals surface area contributed by atoms with Crippen molar-refractivity contribution in [2.75, 3.05) is 0 Å². The normalized spacial score (nSPS) is 22.1. The van der Waals surface area contributed by atoms with Crippen molar-refractivity contribution in [2.45, 2.75) is 31.3 Å². The van der Waals surface area contributed by atoms with E-state index in [0.717, 1.165) is 0 Å². The van der Waals surface area contributed by atoms with Crippen LogP contribution < -0.4 is 0 Å². The predicted molar refractivity (Wildman–Crippen MR) is 35.9 cm³/mol. The van der Waals surface area contributed by atoms with Crippen molar-refractivity contribution in [3.63, 3.8) is 0 Å². The summed E-state index contributed by atoms with van der Waals surface area (Å²) in [4.78, 5) is -1.03. The molecule has 0 spiro atoms. The van der Waals surface area contributed by atoms with Crippen molar-refractivity contribution in [3.05, 3.63) is 0 Å². The van der Waals surface area contributed by atoms with Gasteiger partial charge in [-0.1, -0.05) is 0 Å². The molecule has 0 saturated carbocycles. The van der Waals surface area contributed by atoms with E-state index in [2.05, 4.69) is 12.6 Å². The highest BCUT2D eigenvalue weighted by atomic mass is 32.1. The second-order valence-electron chi connectivity index (χ2n) is 2.27. The predicted octanol–water partition coefficient (Wildman–Crippen LogP) is 0.396. The first-order valence-corrected chi connectivity index (χ1v) is 2.99. The highest BCUT2D eigenvalue weighted by Gasteiger charge is 2.15. The molecule has 8 heavy (non-hydrogen) atoms. The van der Waals surface area contributed by atoms with Gasteiger partial charge in [0.1, 0.15) is 4.93 Å². The van der Waals surface area contributed by atoms with Gasteiger partial charge < -0.3 is 10.2 Å². The van der Waals surface area contributed by atoms with Crippen LogP contribution in [0.2, 0.25) is 0 Å².